The number of carbonyl (C=O) groups is 1. The SMILES string of the molecule is COc1ccc(C[C@H]2CC(=O)N(C)c3cc(-c4ccnc(Nc5ccnn5C)n4)cc4nnc2n34)cc1. The summed E-state index contributed by atoms with van der Waals surface area (Å²) in [5.41, 5.74) is 3.27. The van der Waals surface area contributed by atoms with Crippen molar-refractivity contribution in [1.82, 2.24) is 34.3 Å². The highest BCUT2D eigenvalue weighted by Crippen LogP contribution is 2.34. The Balaban J connectivity index is 1.38. The molecule has 0 spiro atoms. The Hall–Kier alpha value is -4.80. The number of rotatable bonds is 6. The molecule has 0 aliphatic carbocycles. The van der Waals surface area contributed by atoms with Crippen molar-refractivity contribution in [2.75, 3.05) is 24.4 Å². The van der Waals surface area contributed by atoms with Gasteiger partial charge in [-0.05, 0) is 42.3 Å². The topological polar surface area (TPSA) is 115 Å². The zero-order chi connectivity index (χ0) is 25.5. The number of hydrogen-bond donors (Lipinski definition) is 1. The Morgan fingerprint density at radius 3 is 2.65 bits per heavy atom. The molecule has 0 bridgehead atoms. The number of pyridine rings is 1. The van der Waals surface area contributed by atoms with E-state index in [4.69, 9.17) is 4.74 Å². The van der Waals surface area contributed by atoms with Crippen molar-refractivity contribution in [2.45, 2.75) is 18.8 Å². The largest absolute Gasteiger partial charge is 0.497 e. The Kier molecular flexibility index (Phi) is 5.52. The van der Waals surface area contributed by atoms with Crippen molar-refractivity contribution in [1.29, 1.82) is 0 Å². The molecule has 186 valence electrons. The van der Waals surface area contributed by atoms with Gasteiger partial charge < -0.3 is 15.0 Å². The second kappa shape index (κ2) is 9.01. The summed E-state index contributed by atoms with van der Waals surface area (Å²) in [6, 6.07) is 15.5. The lowest BCUT2D eigenvalue weighted by Gasteiger charge is -2.17. The molecule has 1 N–H and O–H groups in total. The summed E-state index contributed by atoms with van der Waals surface area (Å²) in [6.45, 7) is 0. The molecule has 11 nitrogen and oxygen atoms in total. The number of carbonyl (C=O) groups excluding carboxylic acids is 1. The van der Waals surface area contributed by atoms with E-state index >= 15 is 0 Å². The third-order valence-corrected chi connectivity index (χ3v) is 6.67. The van der Waals surface area contributed by atoms with E-state index in [1.807, 2.05) is 60.0 Å². The van der Waals surface area contributed by atoms with Crippen LogP contribution in [0.5, 0.6) is 5.75 Å². The highest BCUT2D eigenvalue weighted by Gasteiger charge is 2.30. The highest BCUT2D eigenvalue weighted by molar-refractivity contribution is 5.94. The average molecular weight is 496 g/mol. The molecule has 5 aromatic rings. The zero-order valence-corrected chi connectivity index (χ0v) is 20.7. The van der Waals surface area contributed by atoms with Gasteiger partial charge in [0, 0.05) is 44.3 Å². The second-order valence-corrected chi connectivity index (χ2v) is 8.99. The minimum absolute atomic E-state index is 0.0173. The van der Waals surface area contributed by atoms with Crippen LogP contribution in [-0.4, -0.2) is 54.4 Å². The molecule has 11 heteroatoms. The molecule has 0 saturated carbocycles. The fourth-order valence-corrected chi connectivity index (χ4v) is 4.65. The fraction of sp³-hybridized carbons (Fsp3) is 0.231. The van der Waals surface area contributed by atoms with Crippen LogP contribution in [0.3, 0.4) is 0 Å². The minimum Gasteiger partial charge on any atom is -0.497 e. The Labute approximate surface area is 212 Å². The Morgan fingerprint density at radius 2 is 1.89 bits per heavy atom. The standard InChI is InChI=1S/C26H25N9O2/c1-33-23-14-17(20-8-10-27-26(29-20)30-21-9-11-28-34(21)2)13-22-31-32-25(35(22)23)18(15-24(33)36)12-16-4-6-19(37-3)7-5-16/h4-11,13-14,18H,12,15H2,1-3H3,(H,27,29,30)/t18-/m0/s1. The highest BCUT2D eigenvalue weighted by atomic mass is 16.5. The van der Waals surface area contributed by atoms with E-state index in [0.29, 0.717) is 35.9 Å². The minimum atomic E-state index is -0.112. The summed E-state index contributed by atoms with van der Waals surface area (Å²) < 4.78 is 8.95. The van der Waals surface area contributed by atoms with Crippen molar-refractivity contribution >= 4 is 29.1 Å². The molecule has 1 atom stereocenters. The summed E-state index contributed by atoms with van der Waals surface area (Å²) >= 11 is 0. The van der Waals surface area contributed by atoms with Gasteiger partial charge in [0.2, 0.25) is 11.9 Å². The van der Waals surface area contributed by atoms with E-state index in [1.54, 1.807) is 36.1 Å². The van der Waals surface area contributed by atoms with Crippen molar-refractivity contribution < 1.29 is 9.53 Å². The number of aryl methyl sites for hydroxylation is 1. The van der Waals surface area contributed by atoms with Gasteiger partial charge in [-0.1, -0.05) is 12.1 Å². The molecular formula is C26H25N9O2. The van der Waals surface area contributed by atoms with E-state index in [0.717, 1.165) is 28.5 Å². The molecule has 5 heterocycles. The molecule has 1 amide bonds. The van der Waals surface area contributed by atoms with Crippen LogP contribution in [0, 0.1) is 0 Å². The van der Waals surface area contributed by atoms with Gasteiger partial charge in [-0.3, -0.25) is 13.9 Å². The number of anilines is 3. The maximum Gasteiger partial charge on any atom is 0.228 e. The van der Waals surface area contributed by atoms with Gasteiger partial charge in [-0.25, -0.2) is 9.97 Å². The van der Waals surface area contributed by atoms with Gasteiger partial charge in [0.25, 0.3) is 0 Å². The van der Waals surface area contributed by atoms with Crippen LogP contribution in [-0.2, 0) is 18.3 Å². The van der Waals surface area contributed by atoms with E-state index in [9.17, 15) is 4.79 Å². The number of amides is 1. The summed E-state index contributed by atoms with van der Waals surface area (Å²) in [6.07, 6.45) is 4.39. The molecule has 1 aromatic carbocycles. The van der Waals surface area contributed by atoms with Crippen molar-refractivity contribution in [3.8, 4) is 17.0 Å². The number of aromatic nitrogens is 7. The first-order chi connectivity index (χ1) is 18.0. The molecule has 0 fully saturated rings. The average Bonchev–Trinajstić information content (AvgIpc) is 3.51. The number of ether oxygens (including phenoxy) is 1. The molecule has 0 unspecified atom stereocenters. The van der Waals surface area contributed by atoms with E-state index < -0.39 is 0 Å². The Bertz CT molecular complexity index is 1610. The normalized spacial score (nSPS) is 15.2. The van der Waals surface area contributed by atoms with Crippen LogP contribution in [0.4, 0.5) is 17.6 Å². The number of benzene rings is 1. The van der Waals surface area contributed by atoms with Crippen LogP contribution >= 0.6 is 0 Å². The first-order valence-electron chi connectivity index (χ1n) is 11.9. The maximum absolute atomic E-state index is 13.2. The van der Waals surface area contributed by atoms with Gasteiger partial charge in [-0.2, -0.15) is 5.10 Å². The third-order valence-electron chi connectivity index (χ3n) is 6.67. The number of nitrogens with zero attached hydrogens (tertiary/aromatic N) is 8. The number of methoxy groups -OCH3 is 1. The van der Waals surface area contributed by atoms with Crippen LogP contribution in [0.25, 0.3) is 16.9 Å². The summed E-state index contributed by atoms with van der Waals surface area (Å²) in [7, 11) is 5.27. The quantitative estimate of drug-likeness (QED) is 0.381. The van der Waals surface area contributed by atoms with Crippen molar-refractivity contribution in [3.05, 3.63) is 72.3 Å². The lowest BCUT2D eigenvalue weighted by atomic mass is 9.95. The van der Waals surface area contributed by atoms with Gasteiger partial charge in [-0.15, -0.1) is 10.2 Å². The molecule has 1 aliphatic rings. The molecule has 6 rings (SSSR count). The lowest BCUT2D eigenvalue weighted by molar-refractivity contribution is -0.118. The zero-order valence-electron chi connectivity index (χ0n) is 20.7. The maximum atomic E-state index is 13.2. The summed E-state index contributed by atoms with van der Waals surface area (Å²) in [5, 5.41) is 16.3. The molecular weight excluding hydrogens is 470 g/mol. The van der Waals surface area contributed by atoms with Gasteiger partial charge in [0.1, 0.15) is 23.2 Å². The third kappa shape index (κ3) is 4.14. The van der Waals surface area contributed by atoms with Crippen LogP contribution in [0.2, 0.25) is 0 Å². The Morgan fingerprint density at radius 1 is 1.05 bits per heavy atom. The van der Waals surface area contributed by atoms with Crippen molar-refractivity contribution in [2.24, 2.45) is 7.05 Å². The first-order valence-corrected chi connectivity index (χ1v) is 11.9. The number of nitrogens with one attached hydrogen (secondary N) is 1. The van der Waals surface area contributed by atoms with Gasteiger partial charge in [0.15, 0.2) is 5.65 Å². The molecule has 37 heavy (non-hydrogen) atoms. The van der Waals surface area contributed by atoms with E-state index in [1.165, 1.54) is 0 Å². The van der Waals surface area contributed by atoms with Crippen LogP contribution in [0.1, 0.15) is 23.7 Å². The predicted octanol–water partition coefficient (Wildman–Crippen LogP) is 3.36. The van der Waals surface area contributed by atoms with E-state index in [2.05, 4.69) is 30.6 Å². The van der Waals surface area contributed by atoms with Gasteiger partial charge in [0.05, 0.1) is 19.0 Å². The summed E-state index contributed by atoms with van der Waals surface area (Å²) in [5.74, 6) is 3.39. The van der Waals surface area contributed by atoms with E-state index in [-0.39, 0.29) is 11.8 Å². The summed E-state index contributed by atoms with van der Waals surface area (Å²) in [4.78, 5) is 23.9. The van der Waals surface area contributed by atoms with Crippen LogP contribution in [0.15, 0.2) is 60.9 Å². The molecule has 0 saturated heterocycles. The fourth-order valence-electron chi connectivity index (χ4n) is 4.65. The molecule has 1 aliphatic heterocycles. The van der Waals surface area contributed by atoms with Gasteiger partial charge >= 0.3 is 0 Å². The molecule has 0 radical (unpaired) electrons. The molecule has 4 aromatic heterocycles. The lowest BCUT2D eigenvalue weighted by Crippen LogP contribution is -2.27. The smallest absolute Gasteiger partial charge is 0.228 e. The first kappa shape index (κ1) is 22.7. The predicted molar refractivity (Wildman–Crippen MR) is 138 cm³/mol. The van der Waals surface area contributed by atoms with Crippen LogP contribution < -0.4 is 15.0 Å². The second-order valence-electron chi connectivity index (χ2n) is 8.99. The van der Waals surface area contributed by atoms with Crippen molar-refractivity contribution in [3.63, 3.8) is 0 Å². The number of hydrogen-bond acceptors (Lipinski definition) is 8. The monoisotopic (exact) mass is 495 g/mol.